The first-order chi connectivity index (χ1) is 9.02. The fourth-order valence-corrected chi connectivity index (χ4v) is 3.96. The van der Waals surface area contributed by atoms with Crippen LogP contribution in [-0.4, -0.2) is 9.78 Å². The second kappa shape index (κ2) is 6.01. The number of rotatable bonds is 4. The molecular weight excluding hydrogens is 322 g/mol. The smallest absolute Gasteiger partial charge is 0.0767 e. The lowest BCUT2D eigenvalue weighted by atomic mass is 10.2. The van der Waals surface area contributed by atoms with Gasteiger partial charge in [0.1, 0.15) is 0 Å². The van der Waals surface area contributed by atoms with Crippen LogP contribution in [0.2, 0.25) is 0 Å². The third-order valence-electron chi connectivity index (χ3n) is 3.04. The molecular formula is C14H18BrN3S. The van der Waals surface area contributed by atoms with E-state index < -0.39 is 0 Å². The van der Waals surface area contributed by atoms with E-state index in [0.29, 0.717) is 0 Å². The summed E-state index contributed by atoms with van der Waals surface area (Å²) in [6.45, 7) is 4.20. The van der Waals surface area contributed by atoms with Crippen molar-refractivity contribution in [3.63, 3.8) is 0 Å². The van der Waals surface area contributed by atoms with E-state index in [4.69, 9.17) is 5.73 Å². The first-order valence-corrected chi connectivity index (χ1v) is 8.00. The molecule has 0 amide bonds. The highest BCUT2D eigenvalue weighted by Gasteiger charge is 2.13. The monoisotopic (exact) mass is 339 g/mol. The number of nitrogen functional groups attached to an aromatic ring is 1. The SMILES string of the molecule is CCc1nn(C)c(CSc2cc(C)ccc2N)c1Br. The summed E-state index contributed by atoms with van der Waals surface area (Å²) in [6, 6.07) is 6.13. The quantitative estimate of drug-likeness (QED) is 0.677. The molecule has 0 aliphatic carbocycles. The normalized spacial score (nSPS) is 10.9. The van der Waals surface area contributed by atoms with Crippen molar-refractivity contribution in [3.8, 4) is 0 Å². The minimum Gasteiger partial charge on any atom is -0.398 e. The van der Waals surface area contributed by atoms with Crippen LogP contribution in [0, 0.1) is 6.92 Å². The van der Waals surface area contributed by atoms with Crippen LogP contribution < -0.4 is 5.73 Å². The number of hydrogen-bond donors (Lipinski definition) is 1. The van der Waals surface area contributed by atoms with Gasteiger partial charge in [0.25, 0.3) is 0 Å². The summed E-state index contributed by atoms with van der Waals surface area (Å²) in [6.07, 6.45) is 0.936. The Morgan fingerprint density at radius 1 is 1.42 bits per heavy atom. The maximum Gasteiger partial charge on any atom is 0.0767 e. The van der Waals surface area contributed by atoms with Gasteiger partial charge in [0.05, 0.1) is 15.9 Å². The average molecular weight is 340 g/mol. The summed E-state index contributed by atoms with van der Waals surface area (Å²) in [7, 11) is 1.99. The Labute approximate surface area is 126 Å². The van der Waals surface area contributed by atoms with E-state index in [2.05, 4.69) is 40.9 Å². The van der Waals surface area contributed by atoms with Crippen molar-refractivity contribution in [1.82, 2.24) is 9.78 Å². The molecule has 5 heteroatoms. The van der Waals surface area contributed by atoms with Gasteiger partial charge in [-0.1, -0.05) is 13.0 Å². The van der Waals surface area contributed by atoms with Gasteiger partial charge in [-0.25, -0.2) is 0 Å². The van der Waals surface area contributed by atoms with E-state index in [-0.39, 0.29) is 0 Å². The fourth-order valence-electron chi connectivity index (χ4n) is 1.89. The minimum absolute atomic E-state index is 0.838. The Hall–Kier alpha value is -0.940. The lowest BCUT2D eigenvalue weighted by Crippen LogP contribution is -1.97. The number of halogens is 1. The van der Waals surface area contributed by atoms with Gasteiger partial charge in [-0.15, -0.1) is 11.8 Å². The Balaban J connectivity index is 2.19. The van der Waals surface area contributed by atoms with Crippen LogP contribution in [0.5, 0.6) is 0 Å². The van der Waals surface area contributed by atoms with Crippen molar-refractivity contribution in [1.29, 1.82) is 0 Å². The van der Waals surface area contributed by atoms with Crippen molar-refractivity contribution >= 4 is 33.4 Å². The number of hydrogen-bond acceptors (Lipinski definition) is 3. The highest BCUT2D eigenvalue weighted by molar-refractivity contribution is 9.10. The predicted molar refractivity (Wildman–Crippen MR) is 85.4 cm³/mol. The molecule has 0 radical (unpaired) electrons. The Kier molecular flexibility index (Phi) is 4.58. The van der Waals surface area contributed by atoms with Gasteiger partial charge < -0.3 is 5.73 Å². The maximum absolute atomic E-state index is 6.01. The molecule has 1 aromatic carbocycles. The van der Waals surface area contributed by atoms with Crippen LogP contribution in [0.4, 0.5) is 5.69 Å². The molecule has 0 aliphatic heterocycles. The Morgan fingerprint density at radius 3 is 2.79 bits per heavy atom. The average Bonchev–Trinajstić information content (AvgIpc) is 2.66. The van der Waals surface area contributed by atoms with Gasteiger partial charge in [0.2, 0.25) is 0 Å². The zero-order valence-electron chi connectivity index (χ0n) is 11.4. The molecule has 0 atom stereocenters. The third-order valence-corrected chi connectivity index (χ3v) is 5.03. The zero-order chi connectivity index (χ0) is 14.0. The number of nitrogens with zero attached hydrogens (tertiary/aromatic N) is 2. The first-order valence-electron chi connectivity index (χ1n) is 6.22. The van der Waals surface area contributed by atoms with E-state index in [1.165, 1.54) is 11.3 Å². The molecule has 3 nitrogen and oxygen atoms in total. The molecule has 0 fully saturated rings. The zero-order valence-corrected chi connectivity index (χ0v) is 13.8. The molecule has 2 rings (SSSR count). The van der Waals surface area contributed by atoms with Crippen molar-refractivity contribution in [2.45, 2.75) is 30.9 Å². The Morgan fingerprint density at radius 2 is 2.16 bits per heavy atom. The molecule has 0 saturated carbocycles. The molecule has 1 heterocycles. The maximum atomic E-state index is 6.01. The third kappa shape index (κ3) is 3.15. The van der Waals surface area contributed by atoms with Gasteiger partial charge in [-0.2, -0.15) is 5.10 Å². The molecule has 2 N–H and O–H groups in total. The first kappa shape index (κ1) is 14.5. The molecule has 19 heavy (non-hydrogen) atoms. The lowest BCUT2D eigenvalue weighted by Gasteiger charge is -2.07. The van der Waals surface area contributed by atoms with Crippen LogP contribution in [0.15, 0.2) is 27.6 Å². The minimum atomic E-state index is 0.838. The Bertz CT molecular complexity index is 593. The molecule has 0 spiro atoms. The van der Waals surface area contributed by atoms with E-state index in [1.54, 1.807) is 11.8 Å². The van der Waals surface area contributed by atoms with E-state index in [0.717, 1.165) is 32.9 Å². The van der Waals surface area contributed by atoms with Crippen molar-refractivity contribution in [2.24, 2.45) is 7.05 Å². The molecule has 0 saturated heterocycles. The number of benzene rings is 1. The molecule has 1 aromatic heterocycles. The molecule has 0 unspecified atom stereocenters. The van der Waals surface area contributed by atoms with Gasteiger partial charge in [-0.3, -0.25) is 4.68 Å². The van der Waals surface area contributed by atoms with Crippen molar-refractivity contribution < 1.29 is 0 Å². The summed E-state index contributed by atoms with van der Waals surface area (Å²) < 4.78 is 3.07. The number of aryl methyl sites for hydroxylation is 3. The summed E-state index contributed by atoms with van der Waals surface area (Å²) in [5.41, 5.74) is 10.4. The second-order valence-electron chi connectivity index (χ2n) is 4.51. The van der Waals surface area contributed by atoms with Crippen LogP contribution in [0.1, 0.15) is 23.9 Å². The summed E-state index contributed by atoms with van der Waals surface area (Å²) >= 11 is 5.39. The number of nitrogens with two attached hydrogens (primary N) is 1. The summed E-state index contributed by atoms with van der Waals surface area (Å²) in [5, 5.41) is 4.51. The van der Waals surface area contributed by atoms with Gasteiger partial charge >= 0.3 is 0 Å². The number of aromatic nitrogens is 2. The standard InChI is InChI=1S/C14H18BrN3S/c1-4-11-14(15)12(18(3)17-11)8-19-13-7-9(2)5-6-10(13)16/h5-7H,4,8,16H2,1-3H3. The lowest BCUT2D eigenvalue weighted by molar-refractivity contribution is 0.719. The summed E-state index contributed by atoms with van der Waals surface area (Å²) in [4.78, 5) is 1.13. The van der Waals surface area contributed by atoms with Crippen LogP contribution in [0.3, 0.4) is 0 Å². The van der Waals surface area contributed by atoms with E-state index in [9.17, 15) is 0 Å². The molecule has 2 aromatic rings. The fraction of sp³-hybridized carbons (Fsp3) is 0.357. The van der Waals surface area contributed by atoms with Crippen molar-refractivity contribution in [3.05, 3.63) is 39.6 Å². The van der Waals surface area contributed by atoms with Crippen LogP contribution >= 0.6 is 27.7 Å². The highest BCUT2D eigenvalue weighted by atomic mass is 79.9. The predicted octanol–water partition coefficient (Wildman–Crippen LogP) is 3.93. The van der Waals surface area contributed by atoms with Crippen LogP contribution in [-0.2, 0) is 19.2 Å². The summed E-state index contributed by atoms with van der Waals surface area (Å²) in [5.74, 6) is 0.859. The van der Waals surface area contributed by atoms with Gasteiger partial charge in [-0.05, 0) is 47.0 Å². The largest absolute Gasteiger partial charge is 0.398 e. The van der Waals surface area contributed by atoms with E-state index in [1.807, 2.05) is 23.9 Å². The topological polar surface area (TPSA) is 43.8 Å². The highest BCUT2D eigenvalue weighted by Crippen LogP contribution is 2.32. The van der Waals surface area contributed by atoms with Gasteiger partial charge in [0.15, 0.2) is 0 Å². The number of anilines is 1. The van der Waals surface area contributed by atoms with Crippen LogP contribution in [0.25, 0.3) is 0 Å². The molecule has 0 bridgehead atoms. The van der Waals surface area contributed by atoms with Crippen molar-refractivity contribution in [2.75, 3.05) is 5.73 Å². The molecule has 0 aliphatic rings. The second-order valence-corrected chi connectivity index (χ2v) is 6.32. The molecule has 102 valence electrons. The van der Waals surface area contributed by atoms with E-state index >= 15 is 0 Å². The number of thioether (sulfide) groups is 1. The van der Waals surface area contributed by atoms with Gasteiger partial charge in [0, 0.05) is 23.4 Å².